The van der Waals surface area contributed by atoms with Crippen molar-refractivity contribution in [3.05, 3.63) is 59.2 Å². The van der Waals surface area contributed by atoms with Gasteiger partial charge in [-0.15, -0.1) is 0 Å². The van der Waals surface area contributed by atoms with E-state index in [0.29, 0.717) is 0 Å². The van der Waals surface area contributed by atoms with Crippen LogP contribution >= 0.6 is 11.6 Å². The number of fused-ring (bicyclic) bond motifs is 1. The Morgan fingerprint density at radius 1 is 0.941 bits per heavy atom. The summed E-state index contributed by atoms with van der Waals surface area (Å²) in [5.41, 5.74) is 4.27. The fourth-order valence-electron chi connectivity index (χ4n) is 1.89. The molecular formula is C14H11ClN2. The van der Waals surface area contributed by atoms with Crippen LogP contribution in [0.1, 0.15) is 5.69 Å². The van der Waals surface area contributed by atoms with Crippen molar-refractivity contribution >= 4 is 17.1 Å². The zero-order valence-corrected chi connectivity index (χ0v) is 10.1. The number of aromatic nitrogens is 2. The second-order valence-corrected chi connectivity index (χ2v) is 4.47. The standard InChI is InChI=1S/C14H11ClN2/c1-10-2-7-13-8-9-14(16-17(10)13)11-3-5-12(15)6-4-11/h2-9H,1H3. The van der Waals surface area contributed by atoms with Gasteiger partial charge in [-0.2, -0.15) is 5.10 Å². The van der Waals surface area contributed by atoms with E-state index in [1.54, 1.807) is 0 Å². The van der Waals surface area contributed by atoms with Crippen molar-refractivity contribution in [1.29, 1.82) is 0 Å². The molecule has 0 N–H and O–H groups in total. The van der Waals surface area contributed by atoms with Gasteiger partial charge in [0.05, 0.1) is 11.2 Å². The van der Waals surface area contributed by atoms with Gasteiger partial charge in [0.15, 0.2) is 0 Å². The number of halogens is 1. The van der Waals surface area contributed by atoms with Crippen LogP contribution in [0.2, 0.25) is 5.02 Å². The van der Waals surface area contributed by atoms with E-state index in [4.69, 9.17) is 11.6 Å². The highest BCUT2D eigenvalue weighted by atomic mass is 35.5. The minimum atomic E-state index is 0.743. The summed E-state index contributed by atoms with van der Waals surface area (Å²) >= 11 is 5.88. The topological polar surface area (TPSA) is 17.3 Å². The van der Waals surface area contributed by atoms with Gasteiger partial charge < -0.3 is 0 Å². The van der Waals surface area contributed by atoms with Crippen molar-refractivity contribution in [2.75, 3.05) is 0 Å². The maximum absolute atomic E-state index is 5.88. The highest BCUT2D eigenvalue weighted by Crippen LogP contribution is 2.20. The first-order chi connectivity index (χ1) is 8.24. The van der Waals surface area contributed by atoms with Crippen molar-refractivity contribution in [3.63, 3.8) is 0 Å². The van der Waals surface area contributed by atoms with Gasteiger partial charge in [0.25, 0.3) is 0 Å². The summed E-state index contributed by atoms with van der Waals surface area (Å²) in [5.74, 6) is 0. The zero-order chi connectivity index (χ0) is 11.8. The van der Waals surface area contributed by atoms with Crippen molar-refractivity contribution in [1.82, 2.24) is 9.61 Å². The summed E-state index contributed by atoms with van der Waals surface area (Å²) in [5, 5.41) is 5.35. The predicted octanol–water partition coefficient (Wildman–Crippen LogP) is 3.96. The maximum atomic E-state index is 5.88. The molecule has 3 aromatic rings. The van der Waals surface area contributed by atoms with Gasteiger partial charge in [0.2, 0.25) is 0 Å². The smallest absolute Gasteiger partial charge is 0.0913 e. The lowest BCUT2D eigenvalue weighted by molar-refractivity contribution is 0.908. The quantitative estimate of drug-likeness (QED) is 0.631. The van der Waals surface area contributed by atoms with E-state index in [-0.39, 0.29) is 0 Å². The minimum absolute atomic E-state index is 0.743. The van der Waals surface area contributed by atoms with E-state index in [1.165, 1.54) is 0 Å². The van der Waals surface area contributed by atoms with Gasteiger partial charge in [0.1, 0.15) is 0 Å². The van der Waals surface area contributed by atoms with E-state index < -0.39 is 0 Å². The first-order valence-electron chi connectivity index (χ1n) is 5.45. The molecule has 2 nitrogen and oxygen atoms in total. The van der Waals surface area contributed by atoms with E-state index in [2.05, 4.69) is 23.3 Å². The molecule has 3 heteroatoms. The van der Waals surface area contributed by atoms with Crippen LogP contribution in [-0.4, -0.2) is 9.61 Å². The summed E-state index contributed by atoms with van der Waals surface area (Å²) in [6.07, 6.45) is 0. The molecule has 0 atom stereocenters. The first kappa shape index (κ1) is 10.4. The van der Waals surface area contributed by atoms with Gasteiger partial charge in [-0.05, 0) is 43.3 Å². The molecule has 0 saturated carbocycles. The summed E-state index contributed by atoms with van der Waals surface area (Å²) in [6, 6.07) is 15.9. The minimum Gasteiger partial charge on any atom is -0.238 e. The molecule has 0 saturated heterocycles. The molecule has 0 fully saturated rings. The fraction of sp³-hybridized carbons (Fsp3) is 0.0714. The van der Waals surface area contributed by atoms with Crippen molar-refractivity contribution in [2.24, 2.45) is 0 Å². The van der Waals surface area contributed by atoms with Crippen molar-refractivity contribution in [3.8, 4) is 11.3 Å². The van der Waals surface area contributed by atoms with Gasteiger partial charge in [0, 0.05) is 16.3 Å². The number of hydrogen-bond acceptors (Lipinski definition) is 1. The molecule has 0 aliphatic heterocycles. The number of aryl methyl sites for hydroxylation is 1. The van der Waals surface area contributed by atoms with Gasteiger partial charge in [-0.25, -0.2) is 4.52 Å². The molecule has 2 heterocycles. The second-order valence-electron chi connectivity index (χ2n) is 4.04. The Morgan fingerprint density at radius 3 is 2.41 bits per heavy atom. The van der Waals surface area contributed by atoms with Crippen LogP contribution in [0.25, 0.3) is 16.8 Å². The fourth-order valence-corrected chi connectivity index (χ4v) is 2.02. The van der Waals surface area contributed by atoms with Crippen LogP contribution in [0.4, 0.5) is 0 Å². The Hall–Kier alpha value is -1.80. The molecule has 0 amide bonds. The number of nitrogens with zero attached hydrogens (tertiary/aromatic N) is 2. The van der Waals surface area contributed by atoms with Crippen LogP contribution in [0, 0.1) is 6.92 Å². The lowest BCUT2D eigenvalue weighted by Crippen LogP contribution is -1.95. The van der Waals surface area contributed by atoms with Gasteiger partial charge in [-0.1, -0.05) is 23.7 Å². The number of rotatable bonds is 1. The van der Waals surface area contributed by atoms with Gasteiger partial charge >= 0.3 is 0 Å². The molecule has 0 bridgehead atoms. The average molecular weight is 243 g/mol. The molecule has 0 aliphatic rings. The molecule has 0 aliphatic carbocycles. The normalized spacial score (nSPS) is 10.9. The van der Waals surface area contributed by atoms with Gasteiger partial charge in [-0.3, -0.25) is 0 Å². The van der Waals surface area contributed by atoms with Crippen LogP contribution < -0.4 is 0 Å². The van der Waals surface area contributed by atoms with Crippen molar-refractivity contribution in [2.45, 2.75) is 6.92 Å². The molecule has 84 valence electrons. The molecule has 0 radical (unpaired) electrons. The largest absolute Gasteiger partial charge is 0.238 e. The van der Waals surface area contributed by atoms with Crippen LogP contribution in [0.15, 0.2) is 48.5 Å². The van der Waals surface area contributed by atoms with Crippen LogP contribution in [0.3, 0.4) is 0 Å². The van der Waals surface area contributed by atoms with Crippen LogP contribution in [0.5, 0.6) is 0 Å². The average Bonchev–Trinajstić information content (AvgIpc) is 2.72. The summed E-state index contributed by atoms with van der Waals surface area (Å²) < 4.78 is 1.95. The third kappa shape index (κ3) is 1.81. The lowest BCUT2D eigenvalue weighted by atomic mass is 10.1. The molecule has 3 rings (SSSR count). The molecular weight excluding hydrogens is 232 g/mol. The highest BCUT2D eigenvalue weighted by Gasteiger charge is 2.03. The SMILES string of the molecule is Cc1ccc2ccc(-c3ccc(Cl)cc3)nn12. The molecule has 1 aromatic carbocycles. The number of hydrogen-bond donors (Lipinski definition) is 0. The first-order valence-corrected chi connectivity index (χ1v) is 5.83. The van der Waals surface area contributed by atoms with E-state index >= 15 is 0 Å². The Morgan fingerprint density at radius 2 is 1.65 bits per heavy atom. The molecule has 0 spiro atoms. The molecule has 2 aromatic heterocycles. The third-order valence-corrected chi connectivity index (χ3v) is 3.09. The second kappa shape index (κ2) is 3.90. The third-order valence-electron chi connectivity index (χ3n) is 2.83. The van der Waals surface area contributed by atoms with E-state index in [1.807, 2.05) is 41.8 Å². The number of benzene rings is 1. The predicted molar refractivity (Wildman–Crippen MR) is 70.4 cm³/mol. The maximum Gasteiger partial charge on any atom is 0.0913 e. The Kier molecular flexibility index (Phi) is 2.37. The monoisotopic (exact) mass is 242 g/mol. The molecule has 0 unspecified atom stereocenters. The Bertz CT molecular complexity index is 668. The molecule has 17 heavy (non-hydrogen) atoms. The summed E-state index contributed by atoms with van der Waals surface area (Å²) in [4.78, 5) is 0. The lowest BCUT2D eigenvalue weighted by Gasteiger charge is -2.03. The zero-order valence-electron chi connectivity index (χ0n) is 9.39. The van der Waals surface area contributed by atoms with Crippen molar-refractivity contribution < 1.29 is 0 Å². The Labute approximate surface area is 104 Å². The summed E-state index contributed by atoms with van der Waals surface area (Å²) in [7, 11) is 0. The van der Waals surface area contributed by atoms with E-state index in [0.717, 1.165) is 27.5 Å². The van der Waals surface area contributed by atoms with Crippen LogP contribution in [-0.2, 0) is 0 Å². The summed E-state index contributed by atoms with van der Waals surface area (Å²) in [6.45, 7) is 2.05. The highest BCUT2D eigenvalue weighted by molar-refractivity contribution is 6.30. The Balaban J connectivity index is 2.17. The van der Waals surface area contributed by atoms with E-state index in [9.17, 15) is 0 Å².